The Balaban J connectivity index is 2.44. The minimum absolute atomic E-state index is 0.187. The first kappa shape index (κ1) is 12.5. The van der Waals surface area contributed by atoms with Crippen molar-refractivity contribution < 1.29 is 4.39 Å². The molecule has 0 aliphatic heterocycles. The van der Waals surface area contributed by atoms with Crippen LogP contribution in [0.15, 0.2) is 29.3 Å². The van der Waals surface area contributed by atoms with Gasteiger partial charge in [-0.05, 0) is 31.9 Å². The lowest BCUT2D eigenvalue weighted by Crippen LogP contribution is -2.36. The van der Waals surface area contributed by atoms with Crippen molar-refractivity contribution in [2.24, 2.45) is 10.7 Å². The summed E-state index contributed by atoms with van der Waals surface area (Å²) in [6.45, 7) is 4.46. The van der Waals surface area contributed by atoms with Crippen LogP contribution in [-0.2, 0) is 6.42 Å². The van der Waals surface area contributed by atoms with E-state index in [1.807, 2.05) is 19.9 Å². The molecule has 0 aliphatic carbocycles. The predicted octanol–water partition coefficient (Wildman–Crippen LogP) is 1.68. The molecule has 0 atom stereocenters. The van der Waals surface area contributed by atoms with E-state index in [1.54, 1.807) is 12.1 Å². The topological polar surface area (TPSA) is 50.4 Å². The van der Waals surface area contributed by atoms with Crippen LogP contribution in [0.2, 0.25) is 0 Å². The molecule has 0 bridgehead atoms. The third kappa shape index (κ3) is 4.29. The van der Waals surface area contributed by atoms with Gasteiger partial charge in [-0.25, -0.2) is 4.39 Å². The van der Waals surface area contributed by atoms with Gasteiger partial charge < -0.3 is 11.1 Å². The lowest BCUT2D eigenvalue weighted by molar-refractivity contribution is 0.609. The molecule has 0 heterocycles. The number of benzene rings is 1. The first-order valence-electron chi connectivity index (χ1n) is 5.39. The maximum Gasteiger partial charge on any atom is 0.188 e. The quantitative estimate of drug-likeness (QED) is 0.602. The van der Waals surface area contributed by atoms with Crippen molar-refractivity contribution in [3.8, 4) is 0 Å². The van der Waals surface area contributed by atoms with E-state index < -0.39 is 0 Å². The fraction of sp³-hybridized carbons (Fsp3) is 0.417. The van der Waals surface area contributed by atoms with Crippen LogP contribution in [0.5, 0.6) is 0 Å². The van der Waals surface area contributed by atoms with Gasteiger partial charge in [-0.2, -0.15) is 0 Å². The first-order valence-corrected chi connectivity index (χ1v) is 5.39. The first-order chi connectivity index (χ1) is 7.59. The summed E-state index contributed by atoms with van der Waals surface area (Å²) in [7, 11) is 0. The zero-order valence-electron chi connectivity index (χ0n) is 9.70. The summed E-state index contributed by atoms with van der Waals surface area (Å²) in [5.74, 6) is 0.222. The summed E-state index contributed by atoms with van der Waals surface area (Å²) in [5, 5.41) is 2.98. The van der Waals surface area contributed by atoms with Crippen molar-refractivity contribution in [3.05, 3.63) is 35.6 Å². The van der Waals surface area contributed by atoms with E-state index in [0.29, 0.717) is 24.5 Å². The largest absolute Gasteiger partial charge is 0.370 e. The molecule has 1 rings (SSSR count). The number of nitrogens with two attached hydrogens (primary N) is 1. The summed E-state index contributed by atoms with van der Waals surface area (Å²) >= 11 is 0. The Hall–Kier alpha value is -1.58. The highest BCUT2D eigenvalue weighted by molar-refractivity contribution is 5.78. The Morgan fingerprint density at radius 2 is 2.12 bits per heavy atom. The second-order valence-electron chi connectivity index (χ2n) is 3.91. The summed E-state index contributed by atoms with van der Waals surface area (Å²) in [6.07, 6.45) is 0.563. The van der Waals surface area contributed by atoms with Crippen LogP contribution >= 0.6 is 0 Å². The van der Waals surface area contributed by atoms with Gasteiger partial charge in [-0.15, -0.1) is 0 Å². The number of halogens is 1. The predicted molar refractivity (Wildman–Crippen MR) is 64.9 cm³/mol. The van der Waals surface area contributed by atoms with Gasteiger partial charge >= 0.3 is 0 Å². The number of rotatable bonds is 4. The van der Waals surface area contributed by atoms with Gasteiger partial charge in [0.25, 0.3) is 0 Å². The summed E-state index contributed by atoms with van der Waals surface area (Å²) in [6, 6.07) is 6.97. The Bertz CT molecular complexity index is 361. The van der Waals surface area contributed by atoms with Crippen LogP contribution in [0.25, 0.3) is 0 Å². The zero-order valence-corrected chi connectivity index (χ0v) is 9.70. The molecule has 3 N–H and O–H groups in total. The van der Waals surface area contributed by atoms with Crippen molar-refractivity contribution in [3.63, 3.8) is 0 Å². The molecule has 0 spiro atoms. The molecule has 16 heavy (non-hydrogen) atoms. The van der Waals surface area contributed by atoms with Gasteiger partial charge in [0.2, 0.25) is 0 Å². The Morgan fingerprint density at radius 3 is 2.75 bits per heavy atom. The van der Waals surface area contributed by atoms with E-state index in [4.69, 9.17) is 5.73 Å². The minimum Gasteiger partial charge on any atom is -0.370 e. The summed E-state index contributed by atoms with van der Waals surface area (Å²) in [5.41, 5.74) is 6.29. The Morgan fingerprint density at radius 1 is 1.44 bits per heavy atom. The lowest BCUT2D eigenvalue weighted by Gasteiger charge is -2.08. The molecule has 88 valence electrons. The molecule has 0 aliphatic rings. The van der Waals surface area contributed by atoms with Gasteiger partial charge in [0.1, 0.15) is 5.82 Å². The van der Waals surface area contributed by atoms with Crippen LogP contribution in [0.3, 0.4) is 0 Å². The van der Waals surface area contributed by atoms with Crippen LogP contribution in [-0.4, -0.2) is 18.5 Å². The van der Waals surface area contributed by atoms with Gasteiger partial charge in [0.15, 0.2) is 5.96 Å². The number of nitrogens with one attached hydrogen (secondary N) is 1. The smallest absolute Gasteiger partial charge is 0.188 e. The van der Waals surface area contributed by atoms with Crippen molar-refractivity contribution in [1.29, 1.82) is 0 Å². The highest BCUT2D eigenvalue weighted by Crippen LogP contribution is 2.06. The molecular formula is C12H18FN3. The van der Waals surface area contributed by atoms with Gasteiger partial charge in [0.05, 0.1) is 0 Å². The third-order valence-electron chi connectivity index (χ3n) is 2.06. The monoisotopic (exact) mass is 223 g/mol. The fourth-order valence-corrected chi connectivity index (χ4v) is 1.34. The van der Waals surface area contributed by atoms with Crippen molar-refractivity contribution in [2.75, 3.05) is 6.54 Å². The maximum atomic E-state index is 13.2. The molecule has 0 fully saturated rings. The molecule has 0 amide bonds. The average Bonchev–Trinajstić information content (AvgIpc) is 2.19. The zero-order chi connectivity index (χ0) is 12.0. The van der Waals surface area contributed by atoms with Gasteiger partial charge in [0, 0.05) is 12.6 Å². The van der Waals surface area contributed by atoms with E-state index >= 15 is 0 Å². The second kappa shape index (κ2) is 6.10. The van der Waals surface area contributed by atoms with Crippen molar-refractivity contribution in [1.82, 2.24) is 5.32 Å². The summed E-state index contributed by atoms with van der Waals surface area (Å²) < 4.78 is 13.2. The molecular weight excluding hydrogens is 205 g/mol. The maximum absolute atomic E-state index is 13.2. The van der Waals surface area contributed by atoms with E-state index in [9.17, 15) is 4.39 Å². The van der Waals surface area contributed by atoms with Crippen LogP contribution in [0.1, 0.15) is 19.4 Å². The molecule has 1 aromatic rings. The van der Waals surface area contributed by atoms with E-state index in [-0.39, 0.29) is 11.9 Å². The van der Waals surface area contributed by atoms with Gasteiger partial charge in [-0.3, -0.25) is 4.99 Å². The van der Waals surface area contributed by atoms with Crippen molar-refractivity contribution >= 4 is 5.96 Å². The number of guanidine groups is 1. The fourth-order valence-electron chi connectivity index (χ4n) is 1.34. The summed E-state index contributed by atoms with van der Waals surface area (Å²) in [4.78, 5) is 4.12. The van der Waals surface area contributed by atoms with Crippen LogP contribution < -0.4 is 11.1 Å². The molecule has 0 saturated heterocycles. The lowest BCUT2D eigenvalue weighted by atomic mass is 10.1. The third-order valence-corrected chi connectivity index (χ3v) is 2.06. The van der Waals surface area contributed by atoms with E-state index in [0.717, 1.165) is 0 Å². The van der Waals surface area contributed by atoms with E-state index in [1.165, 1.54) is 6.07 Å². The molecule has 0 radical (unpaired) electrons. The van der Waals surface area contributed by atoms with E-state index in [2.05, 4.69) is 10.3 Å². The average molecular weight is 223 g/mol. The Labute approximate surface area is 95.6 Å². The minimum atomic E-state index is -0.187. The highest BCUT2D eigenvalue weighted by atomic mass is 19.1. The number of hydrogen-bond donors (Lipinski definition) is 2. The highest BCUT2D eigenvalue weighted by Gasteiger charge is 1.99. The van der Waals surface area contributed by atoms with Crippen molar-refractivity contribution in [2.45, 2.75) is 26.3 Å². The molecule has 0 saturated carbocycles. The SMILES string of the molecule is CC(C)NC(N)=NCCc1ccccc1F. The molecule has 1 aromatic carbocycles. The molecule has 0 aromatic heterocycles. The number of nitrogens with zero attached hydrogens (tertiary/aromatic N) is 1. The molecule has 3 nitrogen and oxygen atoms in total. The van der Waals surface area contributed by atoms with Crippen LogP contribution in [0, 0.1) is 5.82 Å². The Kier molecular flexibility index (Phi) is 4.76. The number of hydrogen-bond acceptors (Lipinski definition) is 1. The number of aliphatic imine (C=N–C) groups is 1. The second-order valence-corrected chi connectivity index (χ2v) is 3.91. The normalized spacial score (nSPS) is 11.9. The molecule has 0 unspecified atom stereocenters. The van der Waals surface area contributed by atoms with Gasteiger partial charge in [-0.1, -0.05) is 18.2 Å². The molecule has 4 heteroatoms. The van der Waals surface area contributed by atoms with Crippen LogP contribution in [0.4, 0.5) is 4.39 Å². The standard InChI is InChI=1S/C12H18FN3/c1-9(2)16-12(14)15-8-7-10-5-3-4-6-11(10)13/h3-6,9H,7-8H2,1-2H3,(H3,14,15,16).